The molecule has 20 heavy (non-hydrogen) atoms. The Bertz CT molecular complexity index is 528. The van der Waals surface area contributed by atoms with E-state index in [1.54, 1.807) is 6.92 Å². The Hall–Kier alpha value is -1.01. The quantitative estimate of drug-likeness (QED) is 0.614. The van der Waals surface area contributed by atoms with Gasteiger partial charge in [0.25, 0.3) is 0 Å². The number of hydrogen-bond acceptors (Lipinski definition) is 2. The highest BCUT2D eigenvalue weighted by molar-refractivity contribution is 6.62. The maximum Gasteiger partial charge on any atom is 0.497 e. The van der Waals surface area contributed by atoms with Crippen molar-refractivity contribution in [3.8, 4) is 0 Å². The molecule has 6 heteroatoms. The molecule has 0 amide bonds. The Morgan fingerprint density at radius 2 is 1.50 bits per heavy atom. The Kier molecular flexibility index (Phi) is 3.67. The van der Waals surface area contributed by atoms with Crippen molar-refractivity contribution in [1.82, 2.24) is 0 Å². The van der Waals surface area contributed by atoms with Crippen molar-refractivity contribution in [2.24, 2.45) is 0 Å². The van der Waals surface area contributed by atoms with Gasteiger partial charge in [0.15, 0.2) is 11.6 Å². The lowest BCUT2D eigenvalue weighted by atomic mass is 9.77. The van der Waals surface area contributed by atoms with E-state index in [1.807, 2.05) is 27.7 Å². The van der Waals surface area contributed by atoms with Gasteiger partial charge in [0.05, 0.1) is 11.2 Å². The van der Waals surface area contributed by atoms with Crippen molar-refractivity contribution < 1.29 is 22.5 Å². The topological polar surface area (TPSA) is 18.5 Å². The molecule has 1 fully saturated rings. The van der Waals surface area contributed by atoms with Crippen LogP contribution < -0.4 is 5.46 Å². The summed E-state index contributed by atoms with van der Waals surface area (Å²) in [6.07, 6.45) is 0.0575. The van der Waals surface area contributed by atoms with Crippen molar-refractivity contribution in [3.05, 3.63) is 29.1 Å². The third kappa shape index (κ3) is 2.25. The van der Waals surface area contributed by atoms with Crippen LogP contribution in [0.5, 0.6) is 0 Å². The summed E-state index contributed by atoms with van der Waals surface area (Å²) in [4.78, 5) is 0. The Morgan fingerprint density at radius 1 is 1.00 bits per heavy atom. The molecule has 1 aliphatic heterocycles. The zero-order valence-electron chi connectivity index (χ0n) is 12.3. The van der Waals surface area contributed by atoms with E-state index in [0.29, 0.717) is 0 Å². The number of hydrogen-bond donors (Lipinski definition) is 0. The molecule has 1 aromatic carbocycles. The minimum absolute atomic E-state index is 0.0575. The van der Waals surface area contributed by atoms with Crippen LogP contribution in [0, 0.1) is 17.5 Å². The first-order valence-corrected chi connectivity index (χ1v) is 6.62. The van der Waals surface area contributed by atoms with Crippen LogP contribution >= 0.6 is 0 Å². The second-order valence-electron chi connectivity index (χ2n) is 6.00. The molecule has 0 aliphatic carbocycles. The molecule has 0 radical (unpaired) electrons. The standard InChI is InChI=1S/C14H18BF3O2/c1-6-8-11(17)9(7-10(16)12(8)18)15-19-13(2,3)14(4,5)20-15/h7H,6H2,1-5H3. The highest BCUT2D eigenvalue weighted by Gasteiger charge is 2.52. The maximum absolute atomic E-state index is 14.3. The summed E-state index contributed by atoms with van der Waals surface area (Å²) >= 11 is 0. The average molecular weight is 286 g/mol. The Balaban J connectivity index is 2.48. The molecule has 0 saturated carbocycles. The average Bonchev–Trinajstić information content (AvgIpc) is 2.54. The van der Waals surface area contributed by atoms with Crippen LogP contribution in [0.3, 0.4) is 0 Å². The van der Waals surface area contributed by atoms with E-state index in [1.165, 1.54) is 0 Å². The van der Waals surface area contributed by atoms with Crippen LogP contribution in [0.25, 0.3) is 0 Å². The molecule has 2 nitrogen and oxygen atoms in total. The predicted molar refractivity (Wildman–Crippen MR) is 71.4 cm³/mol. The molecule has 0 atom stereocenters. The third-order valence-corrected chi connectivity index (χ3v) is 4.14. The van der Waals surface area contributed by atoms with Crippen molar-refractivity contribution in [1.29, 1.82) is 0 Å². The lowest BCUT2D eigenvalue weighted by molar-refractivity contribution is 0.00578. The molecule has 0 aromatic heterocycles. The Morgan fingerprint density at radius 3 is 1.95 bits per heavy atom. The van der Waals surface area contributed by atoms with Crippen molar-refractivity contribution in [2.75, 3.05) is 0 Å². The van der Waals surface area contributed by atoms with Crippen LogP contribution in [-0.4, -0.2) is 18.3 Å². The summed E-state index contributed by atoms with van der Waals surface area (Å²) in [7, 11) is -1.04. The fourth-order valence-corrected chi connectivity index (χ4v) is 2.13. The van der Waals surface area contributed by atoms with Gasteiger partial charge in [-0.25, -0.2) is 13.2 Å². The normalized spacial score (nSPS) is 20.5. The van der Waals surface area contributed by atoms with Gasteiger partial charge in [-0.05, 0) is 40.2 Å². The summed E-state index contributed by atoms with van der Waals surface area (Å²) < 4.78 is 52.8. The fraction of sp³-hybridized carbons (Fsp3) is 0.571. The lowest BCUT2D eigenvalue weighted by Gasteiger charge is -2.32. The van der Waals surface area contributed by atoms with Gasteiger partial charge in [-0.2, -0.15) is 0 Å². The van der Waals surface area contributed by atoms with Gasteiger partial charge in [0.2, 0.25) is 0 Å². The SMILES string of the molecule is CCc1c(F)c(F)cc(B2OC(C)(C)C(C)(C)O2)c1F. The molecule has 1 aliphatic rings. The smallest absolute Gasteiger partial charge is 0.399 e. The zero-order chi connectivity index (χ0) is 15.3. The van der Waals surface area contributed by atoms with Gasteiger partial charge in [-0.3, -0.25) is 0 Å². The first kappa shape index (κ1) is 15.4. The van der Waals surface area contributed by atoms with Gasteiger partial charge in [0, 0.05) is 11.0 Å². The first-order chi connectivity index (χ1) is 9.10. The lowest BCUT2D eigenvalue weighted by Crippen LogP contribution is -2.41. The molecule has 1 heterocycles. The molecular weight excluding hydrogens is 268 g/mol. The summed E-state index contributed by atoms with van der Waals surface area (Å²) in [6.45, 7) is 8.81. The van der Waals surface area contributed by atoms with Crippen molar-refractivity contribution in [3.63, 3.8) is 0 Å². The van der Waals surface area contributed by atoms with Gasteiger partial charge in [0.1, 0.15) is 5.82 Å². The van der Waals surface area contributed by atoms with Gasteiger partial charge in [-0.1, -0.05) is 6.92 Å². The summed E-state index contributed by atoms with van der Waals surface area (Å²) in [5.41, 5.74) is -1.71. The fourth-order valence-electron chi connectivity index (χ4n) is 2.13. The van der Waals surface area contributed by atoms with E-state index < -0.39 is 35.8 Å². The van der Waals surface area contributed by atoms with Crippen LogP contribution in [0.4, 0.5) is 13.2 Å². The predicted octanol–water partition coefficient (Wildman–Crippen LogP) is 2.97. The molecule has 0 spiro atoms. The van der Waals surface area contributed by atoms with Gasteiger partial charge in [-0.15, -0.1) is 0 Å². The molecule has 0 bridgehead atoms. The monoisotopic (exact) mass is 286 g/mol. The highest BCUT2D eigenvalue weighted by atomic mass is 19.2. The van der Waals surface area contributed by atoms with E-state index in [2.05, 4.69) is 0 Å². The third-order valence-electron chi connectivity index (χ3n) is 4.14. The summed E-state index contributed by atoms with van der Waals surface area (Å²) in [5.74, 6) is -3.04. The van der Waals surface area contributed by atoms with Gasteiger partial charge < -0.3 is 9.31 Å². The second kappa shape index (κ2) is 4.77. The van der Waals surface area contributed by atoms with Crippen molar-refractivity contribution >= 4 is 12.6 Å². The molecule has 110 valence electrons. The van der Waals surface area contributed by atoms with E-state index in [0.717, 1.165) is 6.07 Å². The largest absolute Gasteiger partial charge is 0.497 e. The molecule has 0 N–H and O–H groups in total. The molecular formula is C14H18BF3O2. The molecule has 0 unspecified atom stereocenters. The summed E-state index contributed by atoms with van der Waals surface area (Å²) in [6, 6.07) is 0.811. The number of rotatable bonds is 2. The first-order valence-electron chi connectivity index (χ1n) is 6.62. The number of benzene rings is 1. The van der Waals surface area contributed by atoms with Crippen LogP contribution in [-0.2, 0) is 15.7 Å². The van der Waals surface area contributed by atoms with Crippen LogP contribution in [0.15, 0.2) is 6.07 Å². The zero-order valence-corrected chi connectivity index (χ0v) is 12.3. The molecule has 1 saturated heterocycles. The van der Waals surface area contributed by atoms with Gasteiger partial charge >= 0.3 is 7.12 Å². The van der Waals surface area contributed by atoms with E-state index in [4.69, 9.17) is 9.31 Å². The van der Waals surface area contributed by atoms with E-state index in [-0.39, 0.29) is 17.4 Å². The highest BCUT2D eigenvalue weighted by Crippen LogP contribution is 2.36. The van der Waals surface area contributed by atoms with Crippen LogP contribution in [0.2, 0.25) is 0 Å². The summed E-state index contributed by atoms with van der Waals surface area (Å²) in [5, 5.41) is 0. The maximum atomic E-state index is 14.3. The van der Waals surface area contributed by atoms with E-state index in [9.17, 15) is 13.2 Å². The van der Waals surface area contributed by atoms with E-state index >= 15 is 0 Å². The minimum Gasteiger partial charge on any atom is -0.399 e. The molecule has 2 rings (SSSR count). The molecule has 1 aromatic rings. The number of halogens is 3. The Labute approximate surface area is 117 Å². The van der Waals surface area contributed by atoms with Crippen molar-refractivity contribution in [2.45, 2.75) is 52.2 Å². The second-order valence-corrected chi connectivity index (χ2v) is 6.00. The van der Waals surface area contributed by atoms with Crippen LogP contribution in [0.1, 0.15) is 40.2 Å². The minimum atomic E-state index is -1.15.